The van der Waals surface area contributed by atoms with Crippen molar-refractivity contribution in [3.8, 4) is 10.4 Å². The van der Waals surface area contributed by atoms with Gasteiger partial charge < -0.3 is 10.1 Å². The van der Waals surface area contributed by atoms with Crippen molar-refractivity contribution in [2.45, 2.75) is 31.4 Å². The first-order chi connectivity index (χ1) is 10.2. The van der Waals surface area contributed by atoms with Gasteiger partial charge in [0.25, 0.3) is 0 Å². The molecular weight excluding hydrogens is 285 g/mol. The lowest BCUT2D eigenvalue weighted by atomic mass is 9.80. The van der Waals surface area contributed by atoms with Crippen LogP contribution in [0.2, 0.25) is 0 Å². The van der Waals surface area contributed by atoms with E-state index in [1.165, 1.54) is 6.42 Å². The number of rotatable bonds is 6. The number of benzene rings is 1. The van der Waals surface area contributed by atoms with Crippen LogP contribution in [0.1, 0.15) is 24.8 Å². The number of methoxy groups -OCH3 is 1. The molecule has 4 heteroatoms. The Morgan fingerprint density at radius 2 is 2.19 bits per heavy atom. The van der Waals surface area contributed by atoms with E-state index in [1.807, 2.05) is 29.6 Å². The summed E-state index contributed by atoms with van der Waals surface area (Å²) in [5, 5.41) is 5.41. The number of hydrogen-bond acceptors (Lipinski definition) is 3. The van der Waals surface area contributed by atoms with Gasteiger partial charge in [-0.2, -0.15) is 0 Å². The molecule has 2 aromatic rings. The molecular formula is C17H20FNOS. The fraction of sp³-hybridized carbons (Fsp3) is 0.412. The molecule has 0 radical (unpaired) electrons. The first-order valence-electron chi connectivity index (χ1n) is 7.31. The minimum Gasteiger partial charge on any atom is -0.377 e. The normalized spacial score (nSPS) is 16.7. The summed E-state index contributed by atoms with van der Waals surface area (Å²) in [5.74, 6) is -0.159. The van der Waals surface area contributed by atoms with Crippen LogP contribution in [-0.4, -0.2) is 19.3 Å². The van der Waals surface area contributed by atoms with Gasteiger partial charge in [-0.25, -0.2) is 4.39 Å². The lowest BCUT2D eigenvalue weighted by Gasteiger charge is -2.40. The van der Waals surface area contributed by atoms with E-state index in [9.17, 15) is 4.39 Å². The van der Waals surface area contributed by atoms with Gasteiger partial charge in [0.15, 0.2) is 0 Å². The van der Waals surface area contributed by atoms with Gasteiger partial charge in [0.1, 0.15) is 5.82 Å². The van der Waals surface area contributed by atoms with Crippen LogP contribution < -0.4 is 5.32 Å². The van der Waals surface area contributed by atoms with Crippen molar-refractivity contribution in [2.75, 3.05) is 13.7 Å². The van der Waals surface area contributed by atoms with Crippen molar-refractivity contribution < 1.29 is 9.13 Å². The molecule has 0 spiro atoms. The van der Waals surface area contributed by atoms with Crippen LogP contribution in [0.15, 0.2) is 35.7 Å². The molecule has 0 aliphatic heterocycles. The zero-order chi connectivity index (χ0) is 14.7. The van der Waals surface area contributed by atoms with Crippen molar-refractivity contribution in [1.29, 1.82) is 0 Å². The molecule has 0 saturated heterocycles. The van der Waals surface area contributed by atoms with Gasteiger partial charge in [0.2, 0.25) is 0 Å². The molecule has 0 bridgehead atoms. The second kappa shape index (κ2) is 6.26. The minimum atomic E-state index is -0.159. The van der Waals surface area contributed by atoms with Crippen LogP contribution in [0.25, 0.3) is 10.4 Å². The van der Waals surface area contributed by atoms with Gasteiger partial charge in [0, 0.05) is 30.6 Å². The van der Waals surface area contributed by atoms with Crippen LogP contribution >= 0.6 is 11.3 Å². The van der Waals surface area contributed by atoms with E-state index in [0.29, 0.717) is 5.56 Å². The Bertz CT molecular complexity index is 587. The Labute approximate surface area is 129 Å². The van der Waals surface area contributed by atoms with Crippen LogP contribution in [0.5, 0.6) is 0 Å². The SMILES string of the molecule is COC1(CNCc2ccc(F)c(-c3cccs3)c2)CCC1. The van der Waals surface area contributed by atoms with Gasteiger partial charge >= 0.3 is 0 Å². The van der Waals surface area contributed by atoms with E-state index in [2.05, 4.69) is 5.32 Å². The fourth-order valence-corrected chi connectivity index (χ4v) is 3.51. The van der Waals surface area contributed by atoms with Crippen molar-refractivity contribution in [3.63, 3.8) is 0 Å². The Morgan fingerprint density at radius 3 is 2.81 bits per heavy atom. The van der Waals surface area contributed by atoms with Crippen LogP contribution in [0.4, 0.5) is 4.39 Å². The molecule has 1 aromatic heterocycles. The lowest BCUT2D eigenvalue weighted by Crippen LogP contribution is -2.47. The molecule has 0 unspecified atom stereocenters. The molecule has 0 amide bonds. The lowest BCUT2D eigenvalue weighted by molar-refractivity contribution is -0.0695. The van der Waals surface area contributed by atoms with Gasteiger partial charge in [-0.15, -0.1) is 11.3 Å². The highest BCUT2D eigenvalue weighted by atomic mass is 32.1. The van der Waals surface area contributed by atoms with E-state index >= 15 is 0 Å². The van der Waals surface area contributed by atoms with Crippen molar-refractivity contribution in [3.05, 3.63) is 47.1 Å². The molecule has 1 saturated carbocycles. The number of ether oxygens (including phenoxy) is 1. The average Bonchev–Trinajstić information content (AvgIpc) is 2.97. The Balaban J connectivity index is 1.65. The molecule has 112 valence electrons. The summed E-state index contributed by atoms with van der Waals surface area (Å²) < 4.78 is 19.5. The molecule has 3 rings (SSSR count). The molecule has 1 N–H and O–H groups in total. The maximum Gasteiger partial charge on any atom is 0.131 e. The topological polar surface area (TPSA) is 21.3 Å². The van der Waals surface area contributed by atoms with Crippen LogP contribution in [-0.2, 0) is 11.3 Å². The largest absolute Gasteiger partial charge is 0.377 e. The number of halogens is 1. The molecule has 1 heterocycles. The highest BCUT2D eigenvalue weighted by Crippen LogP contribution is 2.34. The van der Waals surface area contributed by atoms with Crippen molar-refractivity contribution >= 4 is 11.3 Å². The summed E-state index contributed by atoms with van der Waals surface area (Å²) in [6.07, 6.45) is 3.50. The molecule has 1 aliphatic carbocycles. The number of thiophene rings is 1. The fourth-order valence-electron chi connectivity index (χ4n) is 2.76. The molecule has 21 heavy (non-hydrogen) atoms. The Kier molecular flexibility index (Phi) is 4.38. The zero-order valence-corrected chi connectivity index (χ0v) is 13.0. The van der Waals surface area contributed by atoms with Gasteiger partial charge in [-0.3, -0.25) is 0 Å². The van der Waals surface area contributed by atoms with Gasteiger partial charge in [-0.05, 0) is 48.4 Å². The highest BCUT2D eigenvalue weighted by molar-refractivity contribution is 7.13. The van der Waals surface area contributed by atoms with Crippen LogP contribution in [0.3, 0.4) is 0 Å². The second-order valence-electron chi connectivity index (χ2n) is 5.64. The highest BCUT2D eigenvalue weighted by Gasteiger charge is 2.36. The third-order valence-electron chi connectivity index (χ3n) is 4.29. The Morgan fingerprint density at radius 1 is 1.33 bits per heavy atom. The quantitative estimate of drug-likeness (QED) is 0.863. The van der Waals surface area contributed by atoms with Crippen molar-refractivity contribution in [2.24, 2.45) is 0 Å². The first-order valence-corrected chi connectivity index (χ1v) is 8.19. The number of nitrogens with one attached hydrogen (secondary N) is 1. The summed E-state index contributed by atoms with van der Waals surface area (Å²) in [4.78, 5) is 0.974. The second-order valence-corrected chi connectivity index (χ2v) is 6.58. The first kappa shape index (κ1) is 14.7. The van der Waals surface area contributed by atoms with Gasteiger partial charge in [-0.1, -0.05) is 12.1 Å². The van der Waals surface area contributed by atoms with E-state index in [4.69, 9.17) is 4.74 Å². The monoisotopic (exact) mass is 305 g/mol. The zero-order valence-electron chi connectivity index (χ0n) is 12.2. The molecule has 1 aromatic carbocycles. The average molecular weight is 305 g/mol. The van der Waals surface area contributed by atoms with E-state index < -0.39 is 0 Å². The van der Waals surface area contributed by atoms with E-state index in [0.717, 1.165) is 36.4 Å². The predicted octanol–water partition coefficient (Wildman–Crippen LogP) is 4.21. The maximum absolute atomic E-state index is 13.9. The molecule has 1 aliphatic rings. The predicted molar refractivity (Wildman–Crippen MR) is 85.0 cm³/mol. The molecule has 1 fully saturated rings. The summed E-state index contributed by atoms with van der Waals surface area (Å²) in [5.41, 5.74) is 1.82. The van der Waals surface area contributed by atoms with Gasteiger partial charge in [0.05, 0.1) is 5.60 Å². The smallest absolute Gasteiger partial charge is 0.131 e. The van der Waals surface area contributed by atoms with Crippen molar-refractivity contribution in [1.82, 2.24) is 5.32 Å². The Hall–Kier alpha value is -1.23. The van der Waals surface area contributed by atoms with E-state index in [-0.39, 0.29) is 11.4 Å². The summed E-state index contributed by atoms with van der Waals surface area (Å²) in [6, 6.07) is 9.24. The third kappa shape index (κ3) is 3.18. The summed E-state index contributed by atoms with van der Waals surface area (Å²) in [6.45, 7) is 1.60. The van der Waals surface area contributed by atoms with E-state index in [1.54, 1.807) is 24.5 Å². The maximum atomic E-state index is 13.9. The number of hydrogen-bond donors (Lipinski definition) is 1. The minimum absolute atomic E-state index is 0.0244. The third-order valence-corrected chi connectivity index (χ3v) is 5.19. The summed E-state index contributed by atoms with van der Waals surface area (Å²) >= 11 is 1.56. The molecule has 0 atom stereocenters. The standard InChI is InChI=1S/C17H20FNOS/c1-20-17(7-3-8-17)12-19-11-13-5-6-15(18)14(10-13)16-4-2-9-21-16/h2,4-6,9-10,19H,3,7-8,11-12H2,1H3. The summed E-state index contributed by atoms with van der Waals surface area (Å²) in [7, 11) is 1.79. The molecule has 2 nitrogen and oxygen atoms in total. The van der Waals surface area contributed by atoms with Crippen LogP contribution in [0, 0.1) is 5.82 Å².